The van der Waals surface area contributed by atoms with Gasteiger partial charge in [0.2, 0.25) is 11.8 Å². The number of aromatic nitrogens is 1. The third-order valence-electron chi connectivity index (χ3n) is 5.76. The van der Waals surface area contributed by atoms with Crippen molar-refractivity contribution >= 4 is 51.9 Å². The van der Waals surface area contributed by atoms with Gasteiger partial charge in [-0.3, -0.25) is 19.8 Å². The number of hydrazone groups is 2. The molecular formula is C24H33N7O4S. The molecule has 1 aliphatic carbocycles. The second kappa shape index (κ2) is 14.1. The average Bonchev–Trinajstić information content (AvgIpc) is 3.30. The van der Waals surface area contributed by atoms with Crippen LogP contribution in [0.3, 0.4) is 0 Å². The molecule has 0 bridgehead atoms. The first-order chi connectivity index (χ1) is 17.5. The van der Waals surface area contributed by atoms with Crippen molar-refractivity contribution in [1.82, 2.24) is 20.6 Å². The molecule has 1 fully saturated rings. The number of fused-ring (bicyclic) bond motifs is 1. The number of ether oxygens (including phenoxy) is 1. The number of nitrogens with two attached hydrogens (primary N) is 1. The van der Waals surface area contributed by atoms with Crippen LogP contribution in [0.1, 0.15) is 62.4 Å². The Morgan fingerprint density at radius 1 is 1.28 bits per heavy atom. The van der Waals surface area contributed by atoms with Gasteiger partial charge < -0.3 is 20.8 Å². The summed E-state index contributed by atoms with van der Waals surface area (Å²) in [6, 6.07) is 7.01. The molecule has 3 rings (SSSR count). The number of likely N-dealkylation sites (N-methyl/N-ethyl adjacent to an activating group) is 1. The smallest absolute Gasteiger partial charge is 0.308 e. The van der Waals surface area contributed by atoms with E-state index in [4.69, 9.17) is 10.6 Å². The maximum Gasteiger partial charge on any atom is 0.308 e. The van der Waals surface area contributed by atoms with E-state index in [9.17, 15) is 14.4 Å². The van der Waals surface area contributed by atoms with Crippen LogP contribution >= 0.6 is 11.3 Å². The maximum absolute atomic E-state index is 12.8. The highest BCUT2D eigenvalue weighted by atomic mass is 32.1. The zero-order chi connectivity index (χ0) is 25.8. The Morgan fingerprint density at radius 2 is 2.06 bits per heavy atom. The summed E-state index contributed by atoms with van der Waals surface area (Å²) in [5, 5.41) is 10.6. The lowest BCUT2D eigenvalue weighted by atomic mass is 9.98. The number of para-hydroxylation sites is 1. The molecule has 4 N–H and O–H groups in total. The number of carbonyl (C=O) groups is 3. The van der Waals surface area contributed by atoms with Crippen molar-refractivity contribution in [1.29, 1.82) is 0 Å². The molecule has 0 spiro atoms. The molecule has 2 aromatic rings. The molecule has 11 nitrogen and oxygen atoms in total. The van der Waals surface area contributed by atoms with E-state index in [-0.39, 0.29) is 43.3 Å². The van der Waals surface area contributed by atoms with Crippen molar-refractivity contribution in [2.75, 3.05) is 13.6 Å². The number of benzene rings is 1. The van der Waals surface area contributed by atoms with E-state index in [1.54, 1.807) is 7.05 Å². The molecule has 194 valence electrons. The summed E-state index contributed by atoms with van der Waals surface area (Å²) in [5.41, 5.74) is 3.28. The number of carbonyl (C=O) groups excluding carboxylic acids is 3. The van der Waals surface area contributed by atoms with E-state index >= 15 is 0 Å². The molecule has 1 unspecified atom stereocenters. The quantitative estimate of drug-likeness (QED) is 0.129. The number of nitrogens with one attached hydrogen (secondary N) is 2. The number of esters is 1. The molecule has 0 saturated heterocycles. The van der Waals surface area contributed by atoms with E-state index in [2.05, 4.69) is 25.9 Å². The third kappa shape index (κ3) is 8.59. The lowest BCUT2D eigenvalue weighted by Gasteiger charge is -2.24. The van der Waals surface area contributed by atoms with Crippen LogP contribution in [0.2, 0.25) is 0 Å². The second-order valence-electron chi connectivity index (χ2n) is 8.60. The monoisotopic (exact) mass is 515 g/mol. The van der Waals surface area contributed by atoms with Gasteiger partial charge in [0.1, 0.15) is 17.5 Å². The normalized spacial score (nSPS) is 15.2. The number of hydrogen-bond acceptors (Lipinski definition) is 9. The Bertz CT molecular complexity index is 1050. The third-order valence-corrected chi connectivity index (χ3v) is 6.91. The minimum atomic E-state index is -0.642. The van der Waals surface area contributed by atoms with E-state index in [0.29, 0.717) is 11.4 Å². The Morgan fingerprint density at radius 3 is 2.81 bits per heavy atom. The highest BCUT2D eigenvalue weighted by Gasteiger charge is 2.26. The predicted molar refractivity (Wildman–Crippen MR) is 139 cm³/mol. The molecule has 1 atom stereocenters. The lowest BCUT2D eigenvalue weighted by Crippen LogP contribution is -2.40. The van der Waals surface area contributed by atoms with Crippen LogP contribution in [0.5, 0.6) is 0 Å². The summed E-state index contributed by atoms with van der Waals surface area (Å²) < 4.78 is 6.65. The van der Waals surface area contributed by atoms with Crippen LogP contribution in [0.4, 0.5) is 0 Å². The van der Waals surface area contributed by atoms with Gasteiger partial charge in [-0.05, 0) is 44.2 Å². The topological polar surface area (TPSA) is 151 Å². The van der Waals surface area contributed by atoms with Crippen LogP contribution in [-0.4, -0.2) is 59.9 Å². The van der Waals surface area contributed by atoms with E-state index in [0.717, 1.165) is 42.3 Å². The summed E-state index contributed by atoms with van der Waals surface area (Å²) in [7, 11) is 1.56. The Balaban J connectivity index is 1.59. The predicted octanol–water partition coefficient (Wildman–Crippen LogP) is 2.44. The molecule has 1 saturated carbocycles. The maximum atomic E-state index is 12.8. The van der Waals surface area contributed by atoms with Crippen molar-refractivity contribution in [3.05, 3.63) is 29.3 Å². The highest BCUT2D eigenvalue weighted by Crippen LogP contribution is 2.29. The van der Waals surface area contributed by atoms with Gasteiger partial charge in [0.25, 0.3) is 0 Å². The molecule has 1 aromatic carbocycles. The fourth-order valence-corrected chi connectivity index (χ4v) is 4.95. The Labute approximate surface area is 214 Å². The molecule has 36 heavy (non-hydrogen) atoms. The largest absolute Gasteiger partial charge is 0.462 e. The number of nitrogens with zero attached hydrogens (tertiary/aromatic N) is 4. The van der Waals surface area contributed by atoms with Gasteiger partial charge >= 0.3 is 5.97 Å². The second-order valence-corrected chi connectivity index (χ2v) is 9.66. The number of rotatable bonds is 12. The van der Waals surface area contributed by atoms with Crippen LogP contribution < -0.4 is 16.6 Å². The first-order valence-electron chi connectivity index (χ1n) is 12.0. The molecular weight excluding hydrogens is 482 g/mol. The van der Waals surface area contributed by atoms with Crippen LogP contribution in [0, 0.1) is 0 Å². The van der Waals surface area contributed by atoms with Gasteiger partial charge in [-0.15, -0.1) is 11.3 Å². The van der Waals surface area contributed by atoms with Crippen molar-refractivity contribution in [2.45, 2.75) is 63.5 Å². The Kier molecular flexibility index (Phi) is 10.6. The zero-order valence-corrected chi connectivity index (χ0v) is 21.2. The molecule has 1 heterocycles. The van der Waals surface area contributed by atoms with E-state index in [1.165, 1.54) is 28.8 Å². The summed E-state index contributed by atoms with van der Waals surface area (Å²) >= 11 is 1.43. The highest BCUT2D eigenvalue weighted by molar-refractivity contribution is 7.18. The summed E-state index contributed by atoms with van der Waals surface area (Å²) in [5.74, 6) is 3.99. The van der Waals surface area contributed by atoms with Gasteiger partial charge in [-0.1, -0.05) is 18.6 Å². The molecule has 0 aliphatic heterocycles. The van der Waals surface area contributed by atoms with Crippen molar-refractivity contribution in [3.63, 3.8) is 0 Å². The number of hydrogen-bond donors (Lipinski definition) is 3. The van der Waals surface area contributed by atoms with Gasteiger partial charge in [0.05, 0.1) is 29.2 Å². The fraction of sp³-hybridized carbons (Fsp3) is 0.500. The Hall–Kier alpha value is -3.54. The van der Waals surface area contributed by atoms with E-state index in [1.807, 2.05) is 24.3 Å². The minimum absolute atomic E-state index is 0.0186. The zero-order valence-electron chi connectivity index (χ0n) is 20.4. The number of amides is 2. The van der Waals surface area contributed by atoms with Crippen LogP contribution in [0.25, 0.3) is 10.2 Å². The lowest BCUT2D eigenvalue weighted by molar-refractivity contribution is -0.151. The standard InChI is InChI=1S/C24H33N7O4S/c1-31(22(33)12-7-13-27-28-16-26-25)15-21(32)29-19(14-23(34)35-17-8-3-2-4-9-17)24-30-18-10-5-6-11-20(18)36-24/h5-6,10-11,13,16-17,19H,2-4,7-9,12,14-15,25H2,1H3,(H,26,28)(H,29,32). The van der Waals surface area contributed by atoms with Crippen LogP contribution in [0.15, 0.2) is 34.5 Å². The fourth-order valence-electron chi connectivity index (χ4n) is 3.93. The molecule has 12 heteroatoms. The summed E-state index contributed by atoms with van der Waals surface area (Å²) in [4.78, 5) is 43.9. The number of thiazole rings is 1. The van der Waals surface area contributed by atoms with Gasteiger partial charge in [0, 0.05) is 19.7 Å². The van der Waals surface area contributed by atoms with Crippen LogP contribution in [-0.2, 0) is 19.1 Å². The van der Waals surface area contributed by atoms with E-state index < -0.39 is 6.04 Å². The average molecular weight is 516 g/mol. The van der Waals surface area contributed by atoms with Crippen molar-refractivity contribution in [2.24, 2.45) is 16.0 Å². The summed E-state index contributed by atoms with van der Waals surface area (Å²) in [6.45, 7) is -0.146. The minimum Gasteiger partial charge on any atom is -0.462 e. The first-order valence-corrected chi connectivity index (χ1v) is 12.8. The first kappa shape index (κ1) is 27.1. The van der Waals surface area contributed by atoms with Crippen molar-refractivity contribution < 1.29 is 19.1 Å². The SMILES string of the molecule is CN(CC(=O)NC(CC(=O)OC1CCCCC1)c1nc2ccccc2s1)C(=O)CCC=NNC=NN. The molecule has 1 aliphatic rings. The van der Waals surface area contributed by atoms with Gasteiger partial charge in [-0.25, -0.2) is 4.98 Å². The van der Waals surface area contributed by atoms with Crippen molar-refractivity contribution in [3.8, 4) is 0 Å². The molecule has 1 aromatic heterocycles. The molecule has 0 radical (unpaired) electrons. The van der Waals surface area contributed by atoms with Gasteiger partial charge in [0.15, 0.2) is 0 Å². The summed E-state index contributed by atoms with van der Waals surface area (Å²) in [6.07, 6.45) is 8.24. The molecule has 2 amide bonds. The van der Waals surface area contributed by atoms with Gasteiger partial charge in [-0.2, -0.15) is 10.2 Å².